The second kappa shape index (κ2) is 6.85. The maximum absolute atomic E-state index is 5.91. The number of nitrogens with zero attached hydrogens (tertiary/aromatic N) is 3. The van der Waals surface area contributed by atoms with E-state index in [2.05, 4.69) is 22.3 Å². The van der Waals surface area contributed by atoms with Gasteiger partial charge in [-0.25, -0.2) is 4.98 Å². The largest absolute Gasteiger partial charge is 0.377 e. The van der Waals surface area contributed by atoms with Crippen LogP contribution in [0.1, 0.15) is 38.4 Å². The van der Waals surface area contributed by atoms with E-state index in [-0.39, 0.29) is 0 Å². The average molecular weight is 252 g/mol. The third kappa shape index (κ3) is 3.53. The molecule has 1 aromatic rings. The van der Waals surface area contributed by atoms with Crippen LogP contribution in [0.3, 0.4) is 0 Å². The highest BCUT2D eigenvalue weighted by molar-refractivity contribution is 4.92. The average Bonchev–Trinajstić information content (AvgIpc) is 2.81. The summed E-state index contributed by atoms with van der Waals surface area (Å²) in [6.07, 6.45) is 7.59. The zero-order valence-electron chi connectivity index (χ0n) is 11.4. The van der Waals surface area contributed by atoms with Gasteiger partial charge in [-0.2, -0.15) is 5.10 Å². The maximum atomic E-state index is 5.91. The zero-order chi connectivity index (χ0) is 12.8. The van der Waals surface area contributed by atoms with Gasteiger partial charge in [-0.05, 0) is 32.2 Å². The van der Waals surface area contributed by atoms with E-state index in [0.717, 1.165) is 38.2 Å². The fourth-order valence-electron chi connectivity index (χ4n) is 2.45. The standard InChI is InChI=1S/C13H24N4O/c1-3-7-14-11(12-6-4-5-8-18-12)9-13-15-10-16-17(13)2/h10-12,14H,3-9H2,1-2H3. The Morgan fingerprint density at radius 3 is 3.06 bits per heavy atom. The van der Waals surface area contributed by atoms with Crippen molar-refractivity contribution in [2.75, 3.05) is 13.2 Å². The molecule has 18 heavy (non-hydrogen) atoms. The van der Waals surface area contributed by atoms with Gasteiger partial charge in [0, 0.05) is 26.1 Å². The number of ether oxygens (including phenoxy) is 1. The van der Waals surface area contributed by atoms with Crippen molar-refractivity contribution in [2.24, 2.45) is 7.05 Å². The second-order valence-electron chi connectivity index (χ2n) is 4.97. The first kappa shape index (κ1) is 13.5. The number of aryl methyl sites for hydroxylation is 1. The molecule has 0 bridgehead atoms. The fourth-order valence-corrected chi connectivity index (χ4v) is 2.45. The Kier molecular flexibility index (Phi) is 5.13. The van der Waals surface area contributed by atoms with E-state index in [0.29, 0.717) is 12.1 Å². The van der Waals surface area contributed by atoms with Gasteiger partial charge in [0.15, 0.2) is 0 Å². The molecule has 1 aliphatic rings. The predicted molar refractivity (Wildman–Crippen MR) is 70.4 cm³/mol. The van der Waals surface area contributed by atoms with Crippen molar-refractivity contribution < 1.29 is 4.74 Å². The van der Waals surface area contributed by atoms with Gasteiger partial charge in [-0.1, -0.05) is 6.92 Å². The molecule has 5 nitrogen and oxygen atoms in total. The summed E-state index contributed by atoms with van der Waals surface area (Å²) >= 11 is 0. The number of rotatable bonds is 6. The molecule has 0 aliphatic carbocycles. The highest BCUT2D eigenvalue weighted by Crippen LogP contribution is 2.18. The molecule has 102 valence electrons. The van der Waals surface area contributed by atoms with Crippen LogP contribution in [0.2, 0.25) is 0 Å². The lowest BCUT2D eigenvalue weighted by Crippen LogP contribution is -2.45. The van der Waals surface area contributed by atoms with Crippen LogP contribution in [0.4, 0.5) is 0 Å². The summed E-state index contributed by atoms with van der Waals surface area (Å²) in [7, 11) is 1.95. The number of nitrogens with one attached hydrogen (secondary N) is 1. The summed E-state index contributed by atoms with van der Waals surface area (Å²) in [4.78, 5) is 4.31. The van der Waals surface area contributed by atoms with Gasteiger partial charge in [0.05, 0.1) is 6.10 Å². The predicted octanol–water partition coefficient (Wildman–Crippen LogP) is 1.29. The topological polar surface area (TPSA) is 52.0 Å². The van der Waals surface area contributed by atoms with E-state index >= 15 is 0 Å². The summed E-state index contributed by atoms with van der Waals surface area (Å²) in [5.74, 6) is 1.03. The molecule has 1 saturated heterocycles. The molecule has 0 saturated carbocycles. The van der Waals surface area contributed by atoms with Crippen LogP contribution in [0.15, 0.2) is 6.33 Å². The molecule has 1 fully saturated rings. The molecule has 0 aromatic carbocycles. The molecule has 0 amide bonds. The van der Waals surface area contributed by atoms with Gasteiger partial charge in [0.25, 0.3) is 0 Å². The van der Waals surface area contributed by atoms with E-state index < -0.39 is 0 Å². The third-order valence-corrected chi connectivity index (χ3v) is 3.53. The van der Waals surface area contributed by atoms with Crippen LogP contribution < -0.4 is 5.32 Å². The van der Waals surface area contributed by atoms with Crippen molar-refractivity contribution in [3.63, 3.8) is 0 Å². The molecule has 1 aromatic heterocycles. The zero-order valence-corrected chi connectivity index (χ0v) is 11.4. The molecule has 2 heterocycles. The molecule has 2 unspecified atom stereocenters. The smallest absolute Gasteiger partial charge is 0.138 e. The Morgan fingerprint density at radius 1 is 1.56 bits per heavy atom. The number of hydrogen-bond donors (Lipinski definition) is 1. The van der Waals surface area contributed by atoms with Gasteiger partial charge in [-0.3, -0.25) is 4.68 Å². The summed E-state index contributed by atoms with van der Waals surface area (Å²) in [5.41, 5.74) is 0. The van der Waals surface area contributed by atoms with Gasteiger partial charge < -0.3 is 10.1 Å². The first-order valence-corrected chi connectivity index (χ1v) is 6.99. The molecule has 0 radical (unpaired) electrons. The van der Waals surface area contributed by atoms with E-state index in [1.54, 1.807) is 6.33 Å². The summed E-state index contributed by atoms with van der Waals surface area (Å²) in [6, 6.07) is 0.355. The third-order valence-electron chi connectivity index (χ3n) is 3.53. The minimum Gasteiger partial charge on any atom is -0.377 e. The van der Waals surface area contributed by atoms with Gasteiger partial charge in [-0.15, -0.1) is 0 Å². The van der Waals surface area contributed by atoms with E-state index in [1.165, 1.54) is 12.8 Å². The minimum atomic E-state index is 0.321. The molecular weight excluding hydrogens is 228 g/mol. The molecule has 0 spiro atoms. The quantitative estimate of drug-likeness (QED) is 0.829. The number of aromatic nitrogens is 3. The van der Waals surface area contributed by atoms with Gasteiger partial charge in [0.1, 0.15) is 12.2 Å². The normalized spacial score (nSPS) is 22.0. The molecular formula is C13H24N4O. The fraction of sp³-hybridized carbons (Fsp3) is 0.846. The highest BCUT2D eigenvalue weighted by Gasteiger charge is 2.25. The van der Waals surface area contributed by atoms with Crippen LogP contribution in [0.25, 0.3) is 0 Å². The molecule has 1 N–H and O–H groups in total. The van der Waals surface area contributed by atoms with Crippen molar-refractivity contribution in [3.8, 4) is 0 Å². The summed E-state index contributed by atoms with van der Waals surface area (Å²) < 4.78 is 7.76. The molecule has 2 rings (SSSR count). The van der Waals surface area contributed by atoms with Crippen LogP contribution in [-0.4, -0.2) is 40.1 Å². The van der Waals surface area contributed by atoms with Crippen molar-refractivity contribution in [1.29, 1.82) is 0 Å². The molecule has 1 aliphatic heterocycles. The van der Waals surface area contributed by atoms with Crippen molar-refractivity contribution in [1.82, 2.24) is 20.1 Å². The van der Waals surface area contributed by atoms with Crippen molar-refractivity contribution in [3.05, 3.63) is 12.2 Å². The SMILES string of the molecule is CCCNC(Cc1ncnn1C)C1CCCCO1. The van der Waals surface area contributed by atoms with E-state index in [1.807, 2.05) is 11.7 Å². The van der Waals surface area contributed by atoms with E-state index in [9.17, 15) is 0 Å². The Labute approximate surface area is 109 Å². The highest BCUT2D eigenvalue weighted by atomic mass is 16.5. The molecule has 2 atom stereocenters. The Balaban J connectivity index is 1.97. The van der Waals surface area contributed by atoms with Crippen LogP contribution in [0.5, 0.6) is 0 Å². The first-order valence-electron chi connectivity index (χ1n) is 6.99. The van der Waals surface area contributed by atoms with Crippen LogP contribution >= 0.6 is 0 Å². The van der Waals surface area contributed by atoms with Crippen molar-refractivity contribution in [2.45, 2.75) is 51.2 Å². The Morgan fingerprint density at radius 2 is 2.44 bits per heavy atom. The Bertz CT molecular complexity index is 347. The minimum absolute atomic E-state index is 0.321. The maximum Gasteiger partial charge on any atom is 0.138 e. The monoisotopic (exact) mass is 252 g/mol. The first-order chi connectivity index (χ1) is 8.81. The van der Waals surface area contributed by atoms with Gasteiger partial charge in [0.2, 0.25) is 0 Å². The molecule has 5 heteroatoms. The van der Waals surface area contributed by atoms with E-state index in [4.69, 9.17) is 4.74 Å². The lowest BCUT2D eigenvalue weighted by molar-refractivity contribution is -0.00791. The summed E-state index contributed by atoms with van der Waals surface area (Å²) in [5, 5.41) is 7.73. The lowest BCUT2D eigenvalue weighted by Gasteiger charge is -2.31. The second-order valence-corrected chi connectivity index (χ2v) is 4.97. The Hall–Kier alpha value is -0.940. The number of hydrogen-bond acceptors (Lipinski definition) is 4. The lowest BCUT2D eigenvalue weighted by atomic mass is 9.99. The van der Waals surface area contributed by atoms with Crippen LogP contribution in [-0.2, 0) is 18.2 Å². The van der Waals surface area contributed by atoms with Gasteiger partial charge >= 0.3 is 0 Å². The van der Waals surface area contributed by atoms with Crippen LogP contribution in [0, 0.1) is 0 Å². The summed E-state index contributed by atoms with van der Waals surface area (Å²) in [6.45, 7) is 4.12. The van der Waals surface area contributed by atoms with Crippen molar-refractivity contribution >= 4 is 0 Å².